The van der Waals surface area contributed by atoms with Gasteiger partial charge < -0.3 is 4.98 Å². The Morgan fingerprint density at radius 2 is 2.15 bits per heavy atom. The van der Waals surface area contributed by atoms with Crippen molar-refractivity contribution in [1.29, 1.82) is 0 Å². The molecule has 0 aliphatic heterocycles. The van der Waals surface area contributed by atoms with Crippen molar-refractivity contribution in [3.63, 3.8) is 0 Å². The Balaban J connectivity index is 3.35. The van der Waals surface area contributed by atoms with E-state index in [-0.39, 0.29) is 4.90 Å². The molecule has 0 saturated heterocycles. The van der Waals surface area contributed by atoms with Crippen LogP contribution < -0.4 is 10.3 Å². The molecule has 0 unspecified atom stereocenters. The third kappa shape index (κ3) is 1.93. The van der Waals surface area contributed by atoms with Crippen molar-refractivity contribution in [3.05, 3.63) is 28.4 Å². The van der Waals surface area contributed by atoms with E-state index in [2.05, 4.69) is 0 Å². The minimum atomic E-state index is -3.70. The van der Waals surface area contributed by atoms with Gasteiger partial charge >= 0.3 is 0 Å². The fourth-order valence-electron chi connectivity index (χ4n) is 0.711. The number of sulfonamides is 1. The molecule has 1 aromatic rings. The van der Waals surface area contributed by atoms with Crippen LogP contribution in [0.25, 0.3) is 0 Å². The van der Waals surface area contributed by atoms with Crippen molar-refractivity contribution in [2.45, 2.75) is 4.90 Å². The van der Waals surface area contributed by atoms with E-state index in [4.69, 9.17) is 0 Å². The summed E-state index contributed by atoms with van der Waals surface area (Å²) in [6.07, 6.45) is 0.928. The van der Waals surface area contributed by atoms with E-state index in [1.54, 1.807) is 0 Å². The van der Waals surface area contributed by atoms with Crippen molar-refractivity contribution < 1.29 is 12.8 Å². The monoisotopic (exact) mass is 206 g/mol. The molecular weight excluding hydrogens is 199 g/mol. The molecule has 1 rings (SSSR count). The van der Waals surface area contributed by atoms with Crippen LogP contribution in [-0.2, 0) is 10.0 Å². The molecule has 0 saturated carbocycles. The van der Waals surface area contributed by atoms with Gasteiger partial charge in [0.2, 0.25) is 10.0 Å². The molecule has 0 atom stereocenters. The van der Waals surface area contributed by atoms with E-state index in [0.717, 1.165) is 6.20 Å². The van der Waals surface area contributed by atoms with Crippen LogP contribution in [0.5, 0.6) is 0 Å². The van der Waals surface area contributed by atoms with Gasteiger partial charge in [0, 0.05) is 12.3 Å². The number of hydrogen-bond donors (Lipinski definition) is 2. The van der Waals surface area contributed by atoms with Gasteiger partial charge in [-0.25, -0.2) is 17.5 Å². The highest BCUT2D eigenvalue weighted by Crippen LogP contribution is 2.04. The molecule has 5 nitrogen and oxygen atoms in total. The second-order valence-corrected chi connectivity index (χ2v) is 4.11. The molecule has 1 aromatic heterocycles. The summed E-state index contributed by atoms with van der Waals surface area (Å²) in [6.45, 7) is 0. The molecule has 0 bridgehead atoms. The highest BCUT2D eigenvalue weighted by Gasteiger charge is 2.13. The molecule has 1 heterocycles. The number of halogens is 1. The Morgan fingerprint density at radius 1 is 1.54 bits per heavy atom. The molecular formula is C6H7FN2O3S. The van der Waals surface area contributed by atoms with Crippen LogP contribution in [0.2, 0.25) is 0 Å². The molecule has 0 aromatic carbocycles. The predicted molar refractivity (Wildman–Crippen MR) is 43.3 cm³/mol. The third-order valence-corrected chi connectivity index (χ3v) is 2.80. The van der Waals surface area contributed by atoms with Gasteiger partial charge in [-0.1, -0.05) is 0 Å². The minimum Gasteiger partial charge on any atom is -0.325 e. The summed E-state index contributed by atoms with van der Waals surface area (Å²) in [7, 11) is -2.50. The van der Waals surface area contributed by atoms with Crippen molar-refractivity contribution in [2.24, 2.45) is 0 Å². The quantitative estimate of drug-likeness (QED) is 0.679. The maximum atomic E-state index is 12.6. The van der Waals surface area contributed by atoms with Crippen LogP contribution in [0.15, 0.2) is 22.0 Å². The lowest BCUT2D eigenvalue weighted by Crippen LogP contribution is -2.21. The van der Waals surface area contributed by atoms with Crippen molar-refractivity contribution in [3.8, 4) is 0 Å². The number of nitrogens with one attached hydrogen (secondary N) is 2. The zero-order valence-corrected chi connectivity index (χ0v) is 7.48. The van der Waals surface area contributed by atoms with Crippen LogP contribution in [0.1, 0.15) is 0 Å². The summed E-state index contributed by atoms with van der Waals surface area (Å²) in [5.74, 6) is -1.13. The summed E-state index contributed by atoms with van der Waals surface area (Å²) in [5, 5.41) is 0. The fraction of sp³-hybridized carbons (Fsp3) is 0.167. The zero-order chi connectivity index (χ0) is 10.1. The summed E-state index contributed by atoms with van der Waals surface area (Å²) >= 11 is 0. The van der Waals surface area contributed by atoms with Gasteiger partial charge in [-0.05, 0) is 7.05 Å². The Kier molecular flexibility index (Phi) is 2.48. The van der Waals surface area contributed by atoms with Gasteiger partial charge in [0.25, 0.3) is 5.56 Å². The van der Waals surface area contributed by atoms with E-state index in [9.17, 15) is 17.6 Å². The van der Waals surface area contributed by atoms with Gasteiger partial charge in [0.1, 0.15) is 4.90 Å². The maximum Gasteiger partial charge on any atom is 0.284 e. The second-order valence-electron chi connectivity index (χ2n) is 2.22. The predicted octanol–water partition coefficient (Wildman–Crippen LogP) is -0.578. The highest BCUT2D eigenvalue weighted by molar-refractivity contribution is 7.89. The first-order valence-corrected chi connectivity index (χ1v) is 4.77. The summed E-state index contributed by atoms with van der Waals surface area (Å²) in [5.41, 5.74) is -0.949. The first-order chi connectivity index (χ1) is 5.97. The van der Waals surface area contributed by atoms with E-state index >= 15 is 0 Å². The third-order valence-electron chi connectivity index (χ3n) is 1.41. The smallest absolute Gasteiger partial charge is 0.284 e. The van der Waals surface area contributed by atoms with Gasteiger partial charge in [-0.2, -0.15) is 0 Å². The van der Waals surface area contributed by atoms with E-state index in [1.807, 2.05) is 9.71 Å². The van der Waals surface area contributed by atoms with Gasteiger partial charge in [-0.3, -0.25) is 4.79 Å². The molecule has 2 N–H and O–H groups in total. The van der Waals surface area contributed by atoms with Crippen LogP contribution in [0, 0.1) is 5.82 Å². The average molecular weight is 206 g/mol. The van der Waals surface area contributed by atoms with E-state index in [0.29, 0.717) is 6.07 Å². The topological polar surface area (TPSA) is 79.0 Å². The van der Waals surface area contributed by atoms with Crippen LogP contribution in [0.4, 0.5) is 4.39 Å². The van der Waals surface area contributed by atoms with Crippen molar-refractivity contribution in [2.75, 3.05) is 7.05 Å². The number of aromatic amines is 1. The molecule has 0 amide bonds. The summed E-state index contributed by atoms with van der Waals surface area (Å²) < 4.78 is 36.7. The van der Waals surface area contributed by atoms with Crippen LogP contribution in [0.3, 0.4) is 0 Å². The molecule has 0 aliphatic rings. The van der Waals surface area contributed by atoms with Gasteiger partial charge in [-0.15, -0.1) is 0 Å². The lowest BCUT2D eigenvalue weighted by atomic mass is 10.5. The number of pyridine rings is 1. The Bertz CT molecular complexity index is 465. The maximum absolute atomic E-state index is 12.6. The Labute approximate surface area is 73.7 Å². The van der Waals surface area contributed by atoms with Crippen LogP contribution in [-0.4, -0.2) is 20.4 Å². The molecule has 7 heteroatoms. The molecule has 0 aliphatic carbocycles. The largest absolute Gasteiger partial charge is 0.325 e. The minimum absolute atomic E-state index is 0.313. The van der Waals surface area contributed by atoms with Crippen LogP contribution >= 0.6 is 0 Å². The number of hydrogen-bond acceptors (Lipinski definition) is 3. The highest BCUT2D eigenvalue weighted by atomic mass is 32.2. The zero-order valence-electron chi connectivity index (χ0n) is 6.67. The molecule has 13 heavy (non-hydrogen) atoms. The first kappa shape index (κ1) is 9.87. The standard InChI is InChI=1S/C6H7FN2O3S/c1-8-13(11,12)4-2-5(7)6(10)9-3-4/h2-3,8H,1H3,(H,9,10). The second kappa shape index (κ2) is 3.27. The Morgan fingerprint density at radius 3 is 2.62 bits per heavy atom. The van der Waals surface area contributed by atoms with E-state index < -0.39 is 21.4 Å². The fourth-order valence-corrected chi connectivity index (χ4v) is 1.42. The molecule has 0 radical (unpaired) electrons. The van der Waals surface area contributed by atoms with Crippen molar-refractivity contribution in [1.82, 2.24) is 9.71 Å². The number of rotatable bonds is 2. The Hall–Kier alpha value is -1.21. The average Bonchev–Trinajstić information content (AvgIpc) is 2.09. The lowest BCUT2D eigenvalue weighted by molar-refractivity contribution is 0.578. The van der Waals surface area contributed by atoms with E-state index in [1.165, 1.54) is 7.05 Å². The van der Waals surface area contributed by atoms with Gasteiger partial charge in [0.15, 0.2) is 5.82 Å². The van der Waals surface area contributed by atoms with Crippen molar-refractivity contribution >= 4 is 10.0 Å². The molecule has 72 valence electrons. The summed E-state index contributed by atoms with van der Waals surface area (Å²) in [4.78, 5) is 12.2. The normalized spacial score (nSPS) is 11.5. The molecule has 0 spiro atoms. The summed E-state index contributed by atoms with van der Waals surface area (Å²) in [6, 6.07) is 0.657. The SMILES string of the molecule is CNS(=O)(=O)c1c[nH]c(=O)c(F)c1. The van der Waals surface area contributed by atoms with Gasteiger partial charge in [0.05, 0.1) is 0 Å². The lowest BCUT2D eigenvalue weighted by Gasteiger charge is -2.00. The number of H-pyrrole nitrogens is 1. The first-order valence-electron chi connectivity index (χ1n) is 3.29. The molecule has 0 fully saturated rings. The number of aromatic nitrogens is 1.